The predicted octanol–water partition coefficient (Wildman–Crippen LogP) is 2.64. The van der Waals surface area contributed by atoms with Crippen LogP contribution in [0.15, 0.2) is 36.7 Å². The van der Waals surface area contributed by atoms with Crippen LogP contribution in [-0.4, -0.2) is 14.9 Å². The van der Waals surface area contributed by atoms with Gasteiger partial charge < -0.3 is 5.11 Å². The van der Waals surface area contributed by atoms with Crippen LogP contribution in [0.25, 0.3) is 0 Å². The summed E-state index contributed by atoms with van der Waals surface area (Å²) in [5.74, 6) is 0. The van der Waals surface area contributed by atoms with Crippen molar-refractivity contribution in [3.63, 3.8) is 0 Å². The molecule has 0 fully saturated rings. The molecule has 1 aromatic carbocycles. The molecule has 2 aromatic rings. The van der Waals surface area contributed by atoms with E-state index in [2.05, 4.69) is 5.10 Å². The smallest absolute Gasteiger partial charge is 0.107 e. The van der Waals surface area contributed by atoms with Crippen molar-refractivity contribution in [2.24, 2.45) is 0 Å². The highest BCUT2D eigenvalue weighted by atomic mass is 35.5. The van der Waals surface area contributed by atoms with E-state index < -0.39 is 6.10 Å². The Bertz CT molecular complexity index is 481. The first-order valence-corrected chi connectivity index (χ1v) is 5.54. The standard InChI is InChI=1S/C12H13ClN2O/c1-2-15-8-10(7-14-15)12(16)9-4-3-5-11(13)6-9/h3-8,12,16H,2H2,1H3. The van der Waals surface area contributed by atoms with Gasteiger partial charge in [-0.1, -0.05) is 23.7 Å². The Kier molecular flexibility index (Phi) is 3.27. The van der Waals surface area contributed by atoms with Gasteiger partial charge in [-0.3, -0.25) is 4.68 Å². The molecular formula is C12H13ClN2O. The molecule has 1 aromatic heterocycles. The summed E-state index contributed by atoms with van der Waals surface area (Å²) in [6, 6.07) is 7.22. The summed E-state index contributed by atoms with van der Waals surface area (Å²) in [4.78, 5) is 0. The molecule has 16 heavy (non-hydrogen) atoms. The largest absolute Gasteiger partial charge is 0.384 e. The molecule has 0 radical (unpaired) electrons. The molecule has 3 nitrogen and oxygen atoms in total. The van der Waals surface area contributed by atoms with Gasteiger partial charge in [0.15, 0.2) is 0 Å². The van der Waals surface area contributed by atoms with E-state index in [1.54, 1.807) is 23.0 Å². The van der Waals surface area contributed by atoms with E-state index >= 15 is 0 Å². The van der Waals surface area contributed by atoms with Crippen LogP contribution in [0.4, 0.5) is 0 Å². The second-order valence-electron chi connectivity index (χ2n) is 3.59. The average molecular weight is 237 g/mol. The second-order valence-corrected chi connectivity index (χ2v) is 4.02. The first kappa shape index (κ1) is 11.2. The highest BCUT2D eigenvalue weighted by molar-refractivity contribution is 6.30. The number of benzene rings is 1. The van der Waals surface area contributed by atoms with Crippen molar-refractivity contribution in [1.29, 1.82) is 0 Å². The second kappa shape index (κ2) is 4.68. The van der Waals surface area contributed by atoms with E-state index in [-0.39, 0.29) is 0 Å². The van der Waals surface area contributed by atoms with E-state index in [0.717, 1.165) is 17.7 Å². The molecule has 0 saturated heterocycles. The summed E-state index contributed by atoms with van der Waals surface area (Å²) in [6.07, 6.45) is 2.85. The fourth-order valence-electron chi connectivity index (χ4n) is 1.56. The maximum Gasteiger partial charge on any atom is 0.107 e. The zero-order valence-corrected chi connectivity index (χ0v) is 9.72. The molecule has 0 amide bonds. The lowest BCUT2D eigenvalue weighted by Crippen LogP contribution is -1.98. The van der Waals surface area contributed by atoms with E-state index in [9.17, 15) is 5.11 Å². The number of hydrogen-bond acceptors (Lipinski definition) is 2. The molecule has 2 rings (SSSR count). The predicted molar refractivity (Wildman–Crippen MR) is 63.4 cm³/mol. The Morgan fingerprint density at radius 2 is 2.25 bits per heavy atom. The Labute approximate surface area is 99.3 Å². The number of nitrogens with zero attached hydrogens (tertiary/aromatic N) is 2. The molecule has 0 aliphatic rings. The van der Waals surface area contributed by atoms with Crippen LogP contribution in [0, 0.1) is 0 Å². The highest BCUT2D eigenvalue weighted by Crippen LogP contribution is 2.23. The number of rotatable bonds is 3. The zero-order chi connectivity index (χ0) is 11.5. The van der Waals surface area contributed by atoms with Crippen molar-refractivity contribution in [2.45, 2.75) is 19.6 Å². The molecule has 1 heterocycles. The van der Waals surface area contributed by atoms with Crippen LogP contribution in [0.5, 0.6) is 0 Å². The van der Waals surface area contributed by atoms with Gasteiger partial charge in [-0.2, -0.15) is 5.10 Å². The number of halogens is 1. The number of aliphatic hydroxyl groups is 1. The third-order valence-corrected chi connectivity index (χ3v) is 2.69. The van der Waals surface area contributed by atoms with E-state index in [0.29, 0.717) is 5.02 Å². The molecule has 1 unspecified atom stereocenters. The van der Waals surface area contributed by atoms with Crippen LogP contribution < -0.4 is 0 Å². The van der Waals surface area contributed by atoms with Gasteiger partial charge in [0.2, 0.25) is 0 Å². The molecule has 0 spiro atoms. The Balaban J connectivity index is 2.27. The summed E-state index contributed by atoms with van der Waals surface area (Å²) < 4.78 is 1.78. The fourth-order valence-corrected chi connectivity index (χ4v) is 1.76. The Morgan fingerprint density at radius 3 is 2.88 bits per heavy atom. The number of aliphatic hydroxyl groups excluding tert-OH is 1. The molecule has 84 valence electrons. The molecule has 0 saturated carbocycles. The quantitative estimate of drug-likeness (QED) is 0.890. The normalized spacial score (nSPS) is 12.7. The molecule has 0 bridgehead atoms. The van der Waals surface area contributed by atoms with E-state index in [4.69, 9.17) is 11.6 Å². The van der Waals surface area contributed by atoms with Crippen LogP contribution in [0.1, 0.15) is 24.2 Å². The molecule has 1 atom stereocenters. The number of aromatic nitrogens is 2. The molecule has 1 N–H and O–H groups in total. The topological polar surface area (TPSA) is 38.0 Å². The van der Waals surface area contributed by atoms with Crippen LogP contribution in [-0.2, 0) is 6.54 Å². The molecule has 0 aliphatic heterocycles. The fraction of sp³-hybridized carbons (Fsp3) is 0.250. The minimum atomic E-state index is -0.668. The van der Waals surface area contributed by atoms with Crippen molar-refractivity contribution < 1.29 is 5.11 Å². The van der Waals surface area contributed by atoms with Crippen molar-refractivity contribution >= 4 is 11.6 Å². The van der Waals surface area contributed by atoms with Crippen LogP contribution in [0.3, 0.4) is 0 Å². The minimum Gasteiger partial charge on any atom is -0.384 e. The third-order valence-electron chi connectivity index (χ3n) is 2.46. The monoisotopic (exact) mass is 236 g/mol. The van der Waals surface area contributed by atoms with Gasteiger partial charge in [-0.25, -0.2) is 0 Å². The maximum absolute atomic E-state index is 10.1. The van der Waals surface area contributed by atoms with Gasteiger partial charge in [0, 0.05) is 23.3 Å². The summed E-state index contributed by atoms with van der Waals surface area (Å²) >= 11 is 5.88. The van der Waals surface area contributed by atoms with E-state index in [1.807, 2.05) is 25.3 Å². The first-order valence-electron chi connectivity index (χ1n) is 5.16. The van der Waals surface area contributed by atoms with Gasteiger partial charge in [-0.05, 0) is 24.6 Å². The van der Waals surface area contributed by atoms with Crippen molar-refractivity contribution in [1.82, 2.24) is 9.78 Å². The third kappa shape index (κ3) is 2.26. The van der Waals surface area contributed by atoms with Gasteiger partial charge in [0.05, 0.1) is 6.20 Å². The van der Waals surface area contributed by atoms with E-state index in [1.165, 1.54) is 0 Å². The average Bonchev–Trinajstić information content (AvgIpc) is 2.76. The van der Waals surface area contributed by atoms with Gasteiger partial charge in [-0.15, -0.1) is 0 Å². The van der Waals surface area contributed by atoms with Gasteiger partial charge >= 0.3 is 0 Å². The summed E-state index contributed by atoms with van der Waals surface area (Å²) in [5, 5.41) is 14.9. The van der Waals surface area contributed by atoms with Crippen molar-refractivity contribution in [2.75, 3.05) is 0 Å². The molecule has 0 aliphatic carbocycles. The SMILES string of the molecule is CCn1cc(C(O)c2cccc(Cl)c2)cn1. The van der Waals surface area contributed by atoms with Crippen LogP contribution in [0.2, 0.25) is 5.02 Å². The number of hydrogen-bond donors (Lipinski definition) is 1. The van der Waals surface area contributed by atoms with Gasteiger partial charge in [0.1, 0.15) is 6.10 Å². The summed E-state index contributed by atoms with van der Waals surface area (Å²) in [7, 11) is 0. The van der Waals surface area contributed by atoms with Crippen molar-refractivity contribution in [3.8, 4) is 0 Å². The van der Waals surface area contributed by atoms with Crippen molar-refractivity contribution in [3.05, 3.63) is 52.8 Å². The summed E-state index contributed by atoms with van der Waals surface area (Å²) in [6.45, 7) is 2.80. The Hall–Kier alpha value is -1.32. The van der Waals surface area contributed by atoms with Crippen LogP contribution >= 0.6 is 11.6 Å². The maximum atomic E-state index is 10.1. The minimum absolute atomic E-state index is 0.624. The highest BCUT2D eigenvalue weighted by Gasteiger charge is 2.12. The summed E-state index contributed by atoms with van der Waals surface area (Å²) in [5.41, 5.74) is 1.56. The lowest BCUT2D eigenvalue weighted by Gasteiger charge is -2.08. The lowest BCUT2D eigenvalue weighted by atomic mass is 10.1. The zero-order valence-electron chi connectivity index (χ0n) is 8.97. The number of aryl methyl sites for hydroxylation is 1. The first-order chi connectivity index (χ1) is 7.70. The lowest BCUT2D eigenvalue weighted by molar-refractivity contribution is 0.220. The molecule has 4 heteroatoms. The molecular weight excluding hydrogens is 224 g/mol. The Morgan fingerprint density at radius 1 is 1.44 bits per heavy atom. The van der Waals surface area contributed by atoms with Gasteiger partial charge in [0.25, 0.3) is 0 Å².